The molecule has 1 fully saturated rings. The molecule has 20 heavy (non-hydrogen) atoms. The van der Waals surface area contributed by atoms with Crippen LogP contribution in [-0.2, 0) is 12.5 Å². The zero-order chi connectivity index (χ0) is 14.3. The van der Waals surface area contributed by atoms with E-state index in [0.29, 0.717) is 5.82 Å². The number of hydrogen-bond donors (Lipinski definition) is 1. The van der Waals surface area contributed by atoms with Gasteiger partial charge >= 0.3 is 0 Å². The van der Waals surface area contributed by atoms with Crippen LogP contribution in [0.25, 0.3) is 11.1 Å². The molecule has 1 aliphatic rings. The van der Waals surface area contributed by atoms with E-state index in [1.165, 1.54) is 25.7 Å². The van der Waals surface area contributed by atoms with Gasteiger partial charge in [0.05, 0.1) is 5.69 Å². The minimum Gasteiger partial charge on any atom is -0.383 e. The lowest BCUT2D eigenvalue weighted by molar-refractivity contribution is 0.469. The largest absolute Gasteiger partial charge is 0.383 e. The van der Waals surface area contributed by atoms with Gasteiger partial charge in [-0.25, -0.2) is 0 Å². The van der Waals surface area contributed by atoms with Gasteiger partial charge in [0.25, 0.3) is 0 Å². The first-order valence-electron chi connectivity index (χ1n) is 7.11. The molecule has 2 N–H and O–H groups in total. The van der Waals surface area contributed by atoms with Crippen LogP contribution in [0.2, 0.25) is 5.02 Å². The number of nitrogens with two attached hydrogens (primary N) is 1. The maximum Gasteiger partial charge on any atom is 0.129 e. The van der Waals surface area contributed by atoms with E-state index in [9.17, 15) is 0 Å². The molecule has 0 atom stereocenters. The molecule has 1 aromatic carbocycles. The SMILES string of the molecule is Cn1nc(C2(C)CCCC2)c(-c2ccccc2Cl)c1N. The minimum absolute atomic E-state index is 0.115. The summed E-state index contributed by atoms with van der Waals surface area (Å²) in [7, 11) is 1.90. The molecular weight excluding hydrogens is 270 g/mol. The van der Waals surface area contributed by atoms with Gasteiger partial charge in [-0.2, -0.15) is 5.10 Å². The Kier molecular flexibility index (Phi) is 3.25. The van der Waals surface area contributed by atoms with Crippen LogP contribution in [0.15, 0.2) is 24.3 Å². The zero-order valence-electron chi connectivity index (χ0n) is 12.0. The van der Waals surface area contributed by atoms with E-state index >= 15 is 0 Å². The third-order valence-electron chi connectivity index (χ3n) is 4.51. The summed E-state index contributed by atoms with van der Waals surface area (Å²) < 4.78 is 1.78. The normalized spacial score (nSPS) is 17.6. The van der Waals surface area contributed by atoms with Crippen molar-refractivity contribution in [2.24, 2.45) is 7.05 Å². The highest BCUT2D eigenvalue weighted by Crippen LogP contribution is 2.46. The maximum atomic E-state index is 6.37. The molecule has 3 nitrogen and oxygen atoms in total. The van der Waals surface area contributed by atoms with Gasteiger partial charge in [0.1, 0.15) is 5.82 Å². The van der Waals surface area contributed by atoms with Crippen LogP contribution >= 0.6 is 11.6 Å². The van der Waals surface area contributed by atoms with Gasteiger partial charge in [0.2, 0.25) is 0 Å². The van der Waals surface area contributed by atoms with Crippen LogP contribution in [0, 0.1) is 0 Å². The predicted octanol–water partition coefficient (Wildman–Crippen LogP) is 4.15. The van der Waals surface area contributed by atoms with Crippen LogP contribution in [0.1, 0.15) is 38.3 Å². The van der Waals surface area contributed by atoms with Gasteiger partial charge in [0.15, 0.2) is 0 Å². The zero-order valence-corrected chi connectivity index (χ0v) is 12.7. The summed E-state index contributed by atoms with van der Waals surface area (Å²) in [6.45, 7) is 2.29. The molecule has 0 bridgehead atoms. The second-order valence-electron chi connectivity index (χ2n) is 5.98. The molecule has 0 radical (unpaired) electrons. The number of aryl methyl sites for hydroxylation is 1. The number of hydrogen-bond acceptors (Lipinski definition) is 2. The molecule has 1 aliphatic carbocycles. The highest BCUT2D eigenvalue weighted by Gasteiger charge is 2.36. The number of benzene rings is 1. The molecule has 0 saturated heterocycles. The van der Waals surface area contributed by atoms with E-state index in [4.69, 9.17) is 22.4 Å². The van der Waals surface area contributed by atoms with Crippen LogP contribution in [-0.4, -0.2) is 9.78 Å². The molecular formula is C16H20ClN3. The number of nitrogen functional groups attached to an aromatic ring is 1. The monoisotopic (exact) mass is 289 g/mol. The summed E-state index contributed by atoms with van der Waals surface area (Å²) in [5, 5.41) is 5.45. The van der Waals surface area contributed by atoms with Crippen LogP contribution in [0.5, 0.6) is 0 Å². The number of nitrogens with zero attached hydrogens (tertiary/aromatic N) is 2. The first kappa shape index (κ1) is 13.5. The van der Waals surface area contributed by atoms with Crippen LogP contribution in [0.4, 0.5) is 5.82 Å². The Bertz CT molecular complexity index is 639. The molecule has 0 aliphatic heterocycles. The van der Waals surface area contributed by atoms with Crippen LogP contribution < -0.4 is 5.73 Å². The summed E-state index contributed by atoms with van der Waals surface area (Å²) in [5.74, 6) is 0.696. The lowest BCUT2D eigenvalue weighted by Gasteiger charge is -2.23. The smallest absolute Gasteiger partial charge is 0.129 e. The third-order valence-corrected chi connectivity index (χ3v) is 4.84. The fourth-order valence-corrected chi connectivity index (χ4v) is 3.51. The first-order chi connectivity index (χ1) is 9.53. The summed E-state index contributed by atoms with van der Waals surface area (Å²) in [4.78, 5) is 0. The lowest BCUT2D eigenvalue weighted by Crippen LogP contribution is -2.19. The summed E-state index contributed by atoms with van der Waals surface area (Å²) in [5.41, 5.74) is 9.49. The van der Waals surface area contributed by atoms with E-state index in [2.05, 4.69) is 6.92 Å². The van der Waals surface area contributed by atoms with Gasteiger partial charge in [-0.3, -0.25) is 4.68 Å². The number of halogens is 1. The van der Waals surface area contributed by atoms with Crippen molar-refractivity contribution in [1.29, 1.82) is 0 Å². The summed E-state index contributed by atoms with van der Waals surface area (Å²) >= 11 is 6.37. The predicted molar refractivity (Wildman–Crippen MR) is 83.9 cm³/mol. The topological polar surface area (TPSA) is 43.8 Å². The Hall–Kier alpha value is -1.48. The van der Waals surface area contributed by atoms with Crippen molar-refractivity contribution in [3.8, 4) is 11.1 Å². The molecule has 1 saturated carbocycles. The fraction of sp³-hybridized carbons (Fsp3) is 0.438. The van der Waals surface area contributed by atoms with E-state index in [0.717, 1.165) is 21.8 Å². The molecule has 0 amide bonds. The van der Waals surface area contributed by atoms with E-state index in [1.54, 1.807) is 4.68 Å². The lowest BCUT2D eigenvalue weighted by atomic mass is 9.81. The van der Waals surface area contributed by atoms with Gasteiger partial charge in [0, 0.05) is 28.6 Å². The van der Waals surface area contributed by atoms with Crippen molar-refractivity contribution in [1.82, 2.24) is 9.78 Å². The van der Waals surface area contributed by atoms with Gasteiger partial charge < -0.3 is 5.73 Å². The Labute approximate surface area is 124 Å². The second kappa shape index (κ2) is 4.81. The van der Waals surface area contributed by atoms with Crippen LogP contribution in [0.3, 0.4) is 0 Å². The summed E-state index contributed by atoms with van der Waals surface area (Å²) in [6, 6.07) is 7.87. The highest BCUT2D eigenvalue weighted by atomic mass is 35.5. The molecule has 3 rings (SSSR count). The molecule has 2 aromatic rings. The number of rotatable bonds is 2. The van der Waals surface area contributed by atoms with E-state index < -0.39 is 0 Å². The quantitative estimate of drug-likeness (QED) is 0.902. The van der Waals surface area contributed by atoms with E-state index in [1.807, 2.05) is 31.3 Å². The van der Waals surface area contributed by atoms with Crippen molar-refractivity contribution in [3.63, 3.8) is 0 Å². The van der Waals surface area contributed by atoms with Gasteiger partial charge in [-0.05, 0) is 18.9 Å². The molecule has 0 spiro atoms. The molecule has 1 aromatic heterocycles. The molecule has 0 unspecified atom stereocenters. The first-order valence-corrected chi connectivity index (χ1v) is 7.48. The molecule has 106 valence electrons. The Morgan fingerprint density at radius 2 is 1.90 bits per heavy atom. The van der Waals surface area contributed by atoms with E-state index in [-0.39, 0.29) is 5.41 Å². The highest BCUT2D eigenvalue weighted by molar-refractivity contribution is 6.33. The average Bonchev–Trinajstić information content (AvgIpc) is 2.98. The van der Waals surface area contributed by atoms with Gasteiger partial charge in [-0.15, -0.1) is 0 Å². The summed E-state index contributed by atoms with van der Waals surface area (Å²) in [6.07, 6.45) is 4.85. The van der Waals surface area contributed by atoms with Crippen molar-refractivity contribution in [3.05, 3.63) is 35.0 Å². The van der Waals surface area contributed by atoms with Crippen molar-refractivity contribution >= 4 is 17.4 Å². The second-order valence-corrected chi connectivity index (χ2v) is 6.39. The number of anilines is 1. The van der Waals surface area contributed by atoms with Crippen molar-refractivity contribution < 1.29 is 0 Å². The standard InChI is InChI=1S/C16H20ClN3/c1-16(9-5-6-10-16)14-13(15(18)20(2)19-14)11-7-3-4-8-12(11)17/h3-4,7-8H,5-6,9-10,18H2,1-2H3. The maximum absolute atomic E-state index is 6.37. The minimum atomic E-state index is 0.115. The Morgan fingerprint density at radius 1 is 1.25 bits per heavy atom. The Morgan fingerprint density at radius 3 is 2.55 bits per heavy atom. The van der Waals surface area contributed by atoms with Crippen molar-refractivity contribution in [2.75, 3.05) is 5.73 Å². The third kappa shape index (κ3) is 2.01. The number of aromatic nitrogens is 2. The average molecular weight is 290 g/mol. The van der Waals surface area contributed by atoms with Crippen molar-refractivity contribution in [2.45, 2.75) is 38.0 Å². The Balaban J connectivity index is 2.23. The molecule has 1 heterocycles. The fourth-order valence-electron chi connectivity index (χ4n) is 3.28. The molecule has 4 heteroatoms. The van der Waals surface area contributed by atoms with Gasteiger partial charge in [-0.1, -0.05) is 49.6 Å².